The molecule has 1 saturated heterocycles. The molecular weight excluding hydrogens is 389 g/mol. The molecule has 1 aliphatic rings. The average Bonchev–Trinajstić information content (AvgIpc) is 2.71. The fourth-order valence-electron chi connectivity index (χ4n) is 2.88. The predicted molar refractivity (Wildman–Crippen MR) is 99.7 cm³/mol. The van der Waals surface area contributed by atoms with Gasteiger partial charge in [0.25, 0.3) is 0 Å². The van der Waals surface area contributed by atoms with Gasteiger partial charge in [-0.2, -0.15) is 18.4 Å². The summed E-state index contributed by atoms with van der Waals surface area (Å²) in [5.41, 5.74) is -0.675. The number of ether oxygens (including phenoxy) is 2. The first-order valence-electron chi connectivity index (χ1n) is 8.93. The van der Waals surface area contributed by atoms with Gasteiger partial charge >= 0.3 is 6.18 Å². The molecule has 0 spiro atoms. The zero-order valence-corrected chi connectivity index (χ0v) is 15.9. The van der Waals surface area contributed by atoms with Gasteiger partial charge in [0, 0.05) is 17.9 Å². The third-order valence-electron chi connectivity index (χ3n) is 4.24. The van der Waals surface area contributed by atoms with Crippen LogP contribution in [-0.4, -0.2) is 30.2 Å². The first-order chi connectivity index (χ1) is 13.5. The van der Waals surface area contributed by atoms with Crippen molar-refractivity contribution in [3.63, 3.8) is 0 Å². The highest BCUT2D eigenvalue weighted by atomic mass is 32.2. The number of rotatable bonds is 6. The normalized spacial score (nSPS) is 17.3. The Bertz CT molecular complexity index is 832. The van der Waals surface area contributed by atoms with Gasteiger partial charge in [-0.15, -0.1) is 11.8 Å². The number of pyridine rings is 1. The summed E-state index contributed by atoms with van der Waals surface area (Å²) >= 11 is 1.09. The Kier molecular flexibility index (Phi) is 6.94. The van der Waals surface area contributed by atoms with Crippen LogP contribution >= 0.6 is 11.8 Å². The summed E-state index contributed by atoms with van der Waals surface area (Å²) in [6.45, 7) is 0.963. The highest BCUT2D eigenvalue weighted by Gasteiger charge is 2.36. The van der Waals surface area contributed by atoms with Gasteiger partial charge in [-0.25, -0.2) is 4.98 Å². The van der Waals surface area contributed by atoms with Crippen LogP contribution in [-0.2, 0) is 15.7 Å². The van der Waals surface area contributed by atoms with E-state index in [1.54, 1.807) is 36.4 Å². The number of thioether (sulfide) groups is 1. The number of alkyl halides is 3. The van der Waals surface area contributed by atoms with Crippen molar-refractivity contribution in [1.29, 1.82) is 5.26 Å². The SMILES string of the molecule is N#Cc1c(C(F)(F)F)cc(-c2ccccc2)nc1SCCOC1CCCCO1. The van der Waals surface area contributed by atoms with Crippen molar-refractivity contribution in [1.82, 2.24) is 4.98 Å². The van der Waals surface area contributed by atoms with E-state index in [9.17, 15) is 18.4 Å². The molecule has 2 heterocycles. The fraction of sp³-hybridized carbons (Fsp3) is 0.400. The van der Waals surface area contributed by atoms with E-state index in [1.807, 2.05) is 0 Å². The zero-order chi connectivity index (χ0) is 20.0. The molecule has 1 aromatic heterocycles. The maximum atomic E-state index is 13.5. The zero-order valence-electron chi connectivity index (χ0n) is 15.0. The predicted octanol–water partition coefficient (Wildman–Crippen LogP) is 5.27. The molecule has 2 aromatic rings. The Balaban J connectivity index is 1.80. The highest BCUT2D eigenvalue weighted by molar-refractivity contribution is 7.99. The lowest BCUT2D eigenvalue weighted by Crippen LogP contribution is -2.23. The van der Waals surface area contributed by atoms with E-state index >= 15 is 0 Å². The fourth-order valence-corrected chi connectivity index (χ4v) is 3.71. The molecule has 3 rings (SSSR count). The van der Waals surface area contributed by atoms with Crippen LogP contribution in [0.3, 0.4) is 0 Å². The number of hydrogen-bond donors (Lipinski definition) is 0. The van der Waals surface area contributed by atoms with E-state index in [-0.39, 0.29) is 17.0 Å². The minimum atomic E-state index is -4.64. The monoisotopic (exact) mass is 408 g/mol. The standard InChI is InChI=1S/C20H19F3N2O2S/c21-20(22,23)16-12-17(14-6-2-1-3-7-14)25-19(15(16)13-24)28-11-10-27-18-8-4-5-9-26-18/h1-3,6-7,12,18H,4-5,8-11H2. The average molecular weight is 408 g/mol. The summed E-state index contributed by atoms with van der Waals surface area (Å²) in [7, 11) is 0. The Morgan fingerprint density at radius 3 is 2.68 bits per heavy atom. The Morgan fingerprint density at radius 2 is 2.04 bits per heavy atom. The summed E-state index contributed by atoms with van der Waals surface area (Å²) in [4.78, 5) is 4.33. The van der Waals surface area contributed by atoms with Gasteiger partial charge in [0.2, 0.25) is 0 Å². The van der Waals surface area contributed by atoms with E-state index in [2.05, 4.69) is 4.98 Å². The third kappa shape index (κ3) is 5.25. The lowest BCUT2D eigenvalue weighted by Gasteiger charge is -2.22. The van der Waals surface area contributed by atoms with Crippen molar-refractivity contribution < 1.29 is 22.6 Å². The van der Waals surface area contributed by atoms with Gasteiger partial charge < -0.3 is 9.47 Å². The molecule has 0 bridgehead atoms. The molecule has 148 valence electrons. The molecule has 1 fully saturated rings. The molecule has 4 nitrogen and oxygen atoms in total. The van der Waals surface area contributed by atoms with Crippen molar-refractivity contribution in [3.05, 3.63) is 47.5 Å². The second-order valence-electron chi connectivity index (χ2n) is 6.23. The van der Waals surface area contributed by atoms with Crippen molar-refractivity contribution in [2.24, 2.45) is 0 Å². The maximum absolute atomic E-state index is 13.5. The number of nitrogens with zero attached hydrogens (tertiary/aromatic N) is 2. The van der Waals surface area contributed by atoms with Crippen molar-refractivity contribution in [3.8, 4) is 17.3 Å². The topological polar surface area (TPSA) is 55.1 Å². The number of aromatic nitrogens is 1. The molecule has 0 saturated carbocycles. The van der Waals surface area contributed by atoms with Gasteiger partial charge in [0.05, 0.1) is 23.4 Å². The molecule has 1 atom stereocenters. The van der Waals surface area contributed by atoms with Gasteiger partial charge in [-0.05, 0) is 25.3 Å². The maximum Gasteiger partial charge on any atom is 0.417 e. The van der Waals surface area contributed by atoms with Crippen LogP contribution in [0.5, 0.6) is 0 Å². The molecule has 28 heavy (non-hydrogen) atoms. The number of nitriles is 1. The third-order valence-corrected chi connectivity index (χ3v) is 5.18. The van der Waals surface area contributed by atoms with Crippen LogP contribution in [0.15, 0.2) is 41.4 Å². The molecule has 0 radical (unpaired) electrons. The Labute approximate surface area is 165 Å². The molecule has 1 aromatic carbocycles. The van der Waals surface area contributed by atoms with Gasteiger partial charge in [-0.3, -0.25) is 0 Å². The van der Waals surface area contributed by atoms with Crippen LogP contribution in [0, 0.1) is 11.3 Å². The number of benzene rings is 1. The van der Waals surface area contributed by atoms with E-state index < -0.39 is 17.3 Å². The first-order valence-corrected chi connectivity index (χ1v) is 9.91. The summed E-state index contributed by atoms with van der Waals surface area (Å²) in [6, 6.07) is 11.2. The van der Waals surface area contributed by atoms with E-state index in [0.717, 1.165) is 37.1 Å². The Morgan fingerprint density at radius 1 is 1.25 bits per heavy atom. The Hall–Kier alpha value is -2.08. The summed E-state index contributed by atoms with van der Waals surface area (Å²) in [6.07, 6.45) is -2.05. The molecule has 0 amide bonds. The summed E-state index contributed by atoms with van der Waals surface area (Å²) in [5.74, 6) is 0.372. The molecule has 1 aliphatic heterocycles. The minimum absolute atomic E-state index is 0.0596. The lowest BCUT2D eigenvalue weighted by atomic mass is 10.1. The molecular formula is C20H19F3N2O2S. The van der Waals surface area contributed by atoms with E-state index in [4.69, 9.17) is 9.47 Å². The number of hydrogen-bond acceptors (Lipinski definition) is 5. The van der Waals surface area contributed by atoms with Crippen molar-refractivity contribution >= 4 is 11.8 Å². The van der Waals surface area contributed by atoms with Gasteiger partial charge in [-0.1, -0.05) is 30.3 Å². The largest absolute Gasteiger partial charge is 0.417 e. The smallest absolute Gasteiger partial charge is 0.353 e. The van der Waals surface area contributed by atoms with Crippen LogP contribution < -0.4 is 0 Å². The lowest BCUT2D eigenvalue weighted by molar-refractivity contribution is -0.158. The van der Waals surface area contributed by atoms with Gasteiger partial charge in [0.1, 0.15) is 11.1 Å². The van der Waals surface area contributed by atoms with E-state index in [1.165, 1.54) is 0 Å². The highest BCUT2D eigenvalue weighted by Crippen LogP contribution is 2.37. The molecule has 0 aliphatic carbocycles. The quantitative estimate of drug-likeness (QED) is 0.481. The summed E-state index contributed by atoms with van der Waals surface area (Å²) < 4.78 is 51.6. The van der Waals surface area contributed by atoms with Gasteiger partial charge in [0.15, 0.2) is 6.29 Å². The second kappa shape index (κ2) is 9.41. The second-order valence-corrected chi connectivity index (χ2v) is 7.31. The molecule has 8 heteroatoms. The first kappa shape index (κ1) is 20.6. The van der Waals surface area contributed by atoms with Crippen LogP contribution in [0.2, 0.25) is 0 Å². The van der Waals surface area contributed by atoms with Crippen LogP contribution in [0.1, 0.15) is 30.4 Å². The molecule has 1 unspecified atom stereocenters. The van der Waals surface area contributed by atoms with Crippen molar-refractivity contribution in [2.45, 2.75) is 36.8 Å². The van der Waals surface area contributed by atoms with Crippen molar-refractivity contribution in [2.75, 3.05) is 19.0 Å². The van der Waals surface area contributed by atoms with Crippen LogP contribution in [0.25, 0.3) is 11.3 Å². The molecule has 0 N–H and O–H groups in total. The van der Waals surface area contributed by atoms with E-state index in [0.29, 0.717) is 24.5 Å². The summed E-state index contributed by atoms with van der Waals surface area (Å²) in [5, 5.41) is 9.39. The number of halogens is 3. The van der Waals surface area contributed by atoms with Crippen LogP contribution in [0.4, 0.5) is 13.2 Å². The minimum Gasteiger partial charge on any atom is -0.353 e.